The number of nitrogens with zero attached hydrogens (tertiary/aromatic N) is 1. The first-order valence-corrected chi connectivity index (χ1v) is 10.4. The van der Waals surface area contributed by atoms with Gasteiger partial charge in [-0.3, -0.25) is 15.1 Å². The molecule has 0 unspecified atom stereocenters. The molecule has 0 fully saturated rings. The normalized spacial score (nSPS) is 10.6. The Bertz CT molecular complexity index is 955. The van der Waals surface area contributed by atoms with Crippen LogP contribution in [-0.4, -0.2) is 40.2 Å². The summed E-state index contributed by atoms with van der Waals surface area (Å²) in [6, 6.07) is 3.08. The van der Waals surface area contributed by atoms with Crippen molar-refractivity contribution in [2.75, 3.05) is 5.32 Å². The maximum Gasteiger partial charge on any atom is 0.348 e. The van der Waals surface area contributed by atoms with Crippen LogP contribution in [0.3, 0.4) is 0 Å². The summed E-state index contributed by atoms with van der Waals surface area (Å²) in [6.07, 6.45) is 2.30. The third kappa shape index (κ3) is 6.07. The Morgan fingerprint density at radius 2 is 1.60 bits per heavy atom. The highest BCUT2D eigenvalue weighted by Gasteiger charge is 2.28. The zero-order chi connectivity index (χ0) is 22.4. The molecule has 0 radical (unpaired) electrons. The summed E-state index contributed by atoms with van der Waals surface area (Å²) in [5.74, 6) is -1.59. The highest BCUT2D eigenvalue weighted by atomic mass is 32.1. The van der Waals surface area contributed by atoms with Crippen LogP contribution < -0.4 is 10.6 Å². The van der Waals surface area contributed by atoms with Crippen molar-refractivity contribution in [3.63, 3.8) is 0 Å². The van der Waals surface area contributed by atoms with Crippen molar-refractivity contribution in [2.45, 2.75) is 46.8 Å². The zero-order valence-corrected chi connectivity index (χ0v) is 18.9. The molecule has 0 saturated heterocycles. The van der Waals surface area contributed by atoms with Crippen LogP contribution in [0, 0.1) is 6.92 Å². The lowest BCUT2D eigenvalue weighted by molar-refractivity contribution is 0.0378. The first-order chi connectivity index (χ1) is 14.1. The van der Waals surface area contributed by atoms with Gasteiger partial charge < -0.3 is 14.8 Å². The Kier molecular flexibility index (Phi) is 8.01. The molecule has 0 aliphatic rings. The monoisotopic (exact) mass is 449 g/mol. The van der Waals surface area contributed by atoms with Crippen molar-refractivity contribution in [1.82, 2.24) is 10.3 Å². The molecule has 160 valence electrons. The Morgan fingerprint density at radius 1 is 1.03 bits per heavy atom. The van der Waals surface area contributed by atoms with Crippen molar-refractivity contribution >= 4 is 51.5 Å². The number of anilines is 1. The molecular weight excluding hydrogens is 426 g/mol. The maximum absolute atomic E-state index is 12.6. The Labute approximate surface area is 184 Å². The predicted octanol–water partition coefficient (Wildman–Crippen LogP) is 3.71. The van der Waals surface area contributed by atoms with Gasteiger partial charge in [-0.15, -0.1) is 11.3 Å². The zero-order valence-electron chi connectivity index (χ0n) is 17.3. The standard InChI is InChI=1S/C20H23N3O5S2/c1-10(2)27-18(25)14-12(5)15(19(26)28-11(3)4)30-17(14)23-20(29)22-16(24)13-6-8-21-9-7-13/h6-11H,1-5H3,(H2,22,23,24,29). The van der Waals surface area contributed by atoms with Crippen molar-refractivity contribution in [2.24, 2.45) is 0 Å². The van der Waals surface area contributed by atoms with Crippen LogP contribution in [0.15, 0.2) is 24.5 Å². The minimum atomic E-state index is -0.604. The van der Waals surface area contributed by atoms with Crippen molar-refractivity contribution < 1.29 is 23.9 Å². The van der Waals surface area contributed by atoms with Gasteiger partial charge in [-0.2, -0.15) is 0 Å². The molecule has 0 aliphatic carbocycles. The number of nitrogens with one attached hydrogen (secondary N) is 2. The molecule has 0 aliphatic heterocycles. The summed E-state index contributed by atoms with van der Waals surface area (Å²) in [5.41, 5.74) is 0.962. The second-order valence-electron chi connectivity index (χ2n) is 6.81. The van der Waals surface area contributed by atoms with E-state index in [9.17, 15) is 14.4 Å². The Morgan fingerprint density at radius 3 is 2.17 bits per heavy atom. The second-order valence-corrected chi connectivity index (χ2v) is 8.24. The SMILES string of the molecule is Cc1c(C(=O)OC(C)C)sc(NC(=S)NC(=O)c2ccncc2)c1C(=O)OC(C)C. The number of hydrogen-bond acceptors (Lipinski definition) is 8. The van der Waals surface area contributed by atoms with E-state index in [1.165, 1.54) is 12.4 Å². The summed E-state index contributed by atoms with van der Waals surface area (Å²) in [7, 11) is 0. The lowest BCUT2D eigenvalue weighted by atomic mass is 10.1. The molecule has 1 amide bonds. The molecule has 0 aromatic carbocycles. The Hall–Kier alpha value is -2.85. The molecule has 2 aromatic heterocycles. The largest absolute Gasteiger partial charge is 0.459 e. The van der Waals surface area contributed by atoms with Crippen LogP contribution in [-0.2, 0) is 9.47 Å². The number of thiophene rings is 1. The van der Waals surface area contributed by atoms with Gasteiger partial charge >= 0.3 is 11.9 Å². The quantitative estimate of drug-likeness (QED) is 0.508. The number of aromatic nitrogens is 1. The van der Waals surface area contributed by atoms with Crippen LogP contribution in [0.1, 0.15) is 63.6 Å². The minimum absolute atomic E-state index is 0.0274. The fraction of sp³-hybridized carbons (Fsp3) is 0.350. The number of thiocarbonyl (C=S) groups is 1. The van der Waals surface area contributed by atoms with Crippen LogP contribution in [0.25, 0.3) is 0 Å². The second kappa shape index (κ2) is 10.3. The third-order valence-corrected chi connectivity index (χ3v) is 5.01. The van der Waals surface area contributed by atoms with E-state index in [1.807, 2.05) is 0 Å². The van der Waals surface area contributed by atoms with Gasteiger partial charge in [0.25, 0.3) is 5.91 Å². The summed E-state index contributed by atoms with van der Waals surface area (Å²) >= 11 is 6.22. The van der Waals surface area contributed by atoms with Gasteiger partial charge in [-0.05, 0) is 64.5 Å². The van der Waals surface area contributed by atoms with Crippen LogP contribution in [0.4, 0.5) is 5.00 Å². The number of rotatable bonds is 6. The van der Waals surface area contributed by atoms with Crippen LogP contribution in [0.5, 0.6) is 0 Å². The minimum Gasteiger partial charge on any atom is -0.459 e. The Balaban J connectivity index is 2.30. The van der Waals surface area contributed by atoms with Gasteiger partial charge in [0, 0.05) is 18.0 Å². The predicted molar refractivity (Wildman–Crippen MR) is 118 cm³/mol. The molecule has 30 heavy (non-hydrogen) atoms. The van der Waals surface area contributed by atoms with Gasteiger partial charge in [-0.25, -0.2) is 9.59 Å². The third-order valence-electron chi connectivity index (χ3n) is 3.62. The van der Waals surface area contributed by atoms with Crippen molar-refractivity contribution in [1.29, 1.82) is 0 Å². The van der Waals surface area contributed by atoms with Gasteiger partial charge in [0.15, 0.2) is 5.11 Å². The van der Waals surface area contributed by atoms with Gasteiger partial charge in [0.2, 0.25) is 0 Å². The topological polar surface area (TPSA) is 107 Å². The molecule has 8 nitrogen and oxygen atoms in total. The highest BCUT2D eigenvalue weighted by molar-refractivity contribution is 7.80. The van der Waals surface area contributed by atoms with E-state index in [2.05, 4.69) is 15.6 Å². The summed E-state index contributed by atoms with van der Waals surface area (Å²) in [4.78, 5) is 41.5. The van der Waals surface area contributed by atoms with Gasteiger partial charge in [0.05, 0.1) is 17.8 Å². The molecule has 2 heterocycles. The van der Waals surface area contributed by atoms with Crippen LogP contribution >= 0.6 is 23.6 Å². The number of amides is 1. The molecule has 2 rings (SSSR count). The van der Waals surface area contributed by atoms with E-state index >= 15 is 0 Å². The molecule has 0 saturated carbocycles. The van der Waals surface area contributed by atoms with Crippen LogP contribution in [0.2, 0.25) is 0 Å². The molecular formula is C20H23N3O5S2. The summed E-state index contributed by atoms with van der Waals surface area (Å²) in [6.45, 7) is 8.55. The molecule has 0 spiro atoms. The maximum atomic E-state index is 12.6. The van der Waals surface area contributed by atoms with Crippen molar-refractivity contribution in [3.8, 4) is 0 Å². The van der Waals surface area contributed by atoms with E-state index in [0.717, 1.165) is 11.3 Å². The molecule has 0 atom stereocenters. The average Bonchev–Trinajstić information content (AvgIpc) is 2.97. The number of ether oxygens (including phenoxy) is 2. The highest BCUT2D eigenvalue weighted by Crippen LogP contribution is 2.34. The average molecular weight is 450 g/mol. The number of esters is 2. The number of carbonyl (C=O) groups excluding carboxylic acids is 3. The summed E-state index contributed by atoms with van der Waals surface area (Å²) in [5, 5.41) is 5.62. The molecule has 10 heteroatoms. The van der Waals surface area contributed by atoms with Crippen molar-refractivity contribution in [3.05, 3.63) is 46.1 Å². The van der Waals surface area contributed by atoms with E-state index < -0.39 is 17.8 Å². The summed E-state index contributed by atoms with van der Waals surface area (Å²) < 4.78 is 10.6. The smallest absolute Gasteiger partial charge is 0.348 e. The molecule has 0 bridgehead atoms. The lowest BCUT2D eigenvalue weighted by Crippen LogP contribution is -2.34. The fourth-order valence-corrected chi connectivity index (χ4v) is 3.74. The van der Waals surface area contributed by atoms with E-state index in [1.54, 1.807) is 46.8 Å². The number of hydrogen-bond donors (Lipinski definition) is 2. The van der Waals surface area contributed by atoms with E-state index in [0.29, 0.717) is 11.1 Å². The molecule has 2 aromatic rings. The van der Waals surface area contributed by atoms with E-state index in [-0.39, 0.29) is 32.8 Å². The molecule has 2 N–H and O–H groups in total. The fourth-order valence-electron chi connectivity index (χ4n) is 2.40. The number of carbonyl (C=O) groups is 3. The first kappa shape index (κ1) is 23.4. The number of pyridine rings is 1. The lowest BCUT2D eigenvalue weighted by Gasteiger charge is -2.12. The van der Waals surface area contributed by atoms with Gasteiger partial charge in [-0.1, -0.05) is 0 Å². The first-order valence-electron chi connectivity index (χ1n) is 9.17. The van der Waals surface area contributed by atoms with E-state index in [4.69, 9.17) is 21.7 Å². The van der Waals surface area contributed by atoms with Gasteiger partial charge in [0.1, 0.15) is 9.88 Å².